The van der Waals surface area contributed by atoms with Gasteiger partial charge in [0.15, 0.2) is 0 Å². The molecule has 1 saturated heterocycles. The molecule has 1 aliphatic heterocycles. The molecule has 1 aromatic rings. The highest BCUT2D eigenvalue weighted by atomic mass is 16.5. The number of hydrogen-bond acceptors (Lipinski definition) is 3. The van der Waals surface area contributed by atoms with Gasteiger partial charge in [0.25, 0.3) is 0 Å². The van der Waals surface area contributed by atoms with E-state index in [1.807, 2.05) is 0 Å². The van der Waals surface area contributed by atoms with E-state index in [0.29, 0.717) is 12.6 Å². The van der Waals surface area contributed by atoms with Crippen LogP contribution < -0.4 is 5.32 Å². The van der Waals surface area contributed by atoms with Gasteiger partial charge in [0.2, 0.25) is 0 Å². The zero-order chi connectivity index (χ0) is 12.4. The van der Waals surface area contributed by atoms with Crippen LogP contribution in [-0.2, 0) is 11.3 Å². The summed E-state index contributed by atoms with van der Waals surface area (Å²) in [6.45, 7) is 4.70. The molecule has 0 unspecified atom stereocenters. The van der Waals surface area contributed by atoms with E-state index >= 15 is 0 Å². The molecule has 0 radical (unpaired) electrons. The first-order chi connectivity index (χ1) is 8.75. The van der Waals surface area contributed by atoms with E-state index in [4.69, 9.17) is 4.74 Å². The molecule has 1 aromatic heterocycles. The maximum atomic E-state index is 5.91. The Bertz CT molecular complexity index is 391. The van der Waals surface area contributed by atoms with Gasteiger partial charge in [-0.2, -0.15) is 5.10 Å². The van der Waals surface area contributed by atoms with Gasteiger partial charge >= 0.3 is 0 Å². The number of rotatable bonds is 4. The van der Waals surface area contributed by atoms with Gasteiger partial charge in [0, 0.05) is 19.3 Å². The first-order valence-corrected chi connectivity index (χ1v) is 7.14. The van der Waals surface area contributed by atoms with Crippen LogP contribution in [0.2, 0.25) is 0 Å². The van der Waals surface area contributed by atoms with Gasteiger partial charge < -0.3 is 10.1 Å². The molecule has 100 valence electrons. The number of nitrogens with one attached hydrogen (secondary N) is 1. The number of ether oxygens (including phenoxy) is 1. The molecule has 4 nitrogen and oxygen atoms in total. The van der Waals surface area contributed by atoms with Gasteiger partial charge in [0.1, 0.15) is 0 Å². The molecule has 0 spiro atoms. The number of aromatic nitrogens is 2. The molecule has 0 bridgehead atoms. The Labute approximate surface area is 109 Å². The summed E-state index contributed by atoms with van der Waals surface area (Å²) >= 11 is 0. The minimum absolute atomic E-state index is 0.0224. The number of nitrogens with zero attached hydrogens (tertiary/aromatic N) is 2. The van der Waals surface area contributed by atoms with Crippen LogP contribution in [0.1, 0.15) is 50.8 Å². The summed E-state index contributed by atoms with van der Waals surface area (Å²) in [6, 6.07) is 2.72. The molecule has 0 amide bonds. The van der Waals surface area contributed by atoms with E-state index in [9.17, 15) is 0 Å². The van der Waals surface area contributed by atoms with Crippen molar-refractivity contribution in [2.24, 2.45) is 0 Å². The second kappa shape index (κ2) is 5.02. The van der Waals surface area contributed by atoms with Crippen molar-refractivity contribution in [3.05, 3.63) is 18.0 Å². The first kappa shape index (κ1) is 12.2. The normalized spacial score (nSPS) is 23.8. The standard InChI is InChI=1S/C14H23N3O/c1-14(10-15-11-14)18-9-12-7-8-17(16-12)13-5-3-2-4-6-13/h7-8,13,15H,2-6,9-11H2,1H3. The molecule has 3 rings (SSSR count). The third-order valence-corrected chi connectivity index (χ3v) is 4.18. The van der Waals surface area contributed by atoms with Crippen LogP contribution in [0.3, 0.4) is 0 Å². The van der Waals surface area contributed by atoms with E-state index in [1.165, 1.54) is 32.1 Å². The maximum absolute atomic E-state index is 5.91. The molecule has 0 atom stereocenters. The largest absolute Gasteiger partial charge is 0.366 e. The van der Waals surface area contributed by atoms with Gasteiger partial charge in [-0.05, 0) is 25.8 Å². The highest BCUT2D eigenvalue weighted by molar-refractivity contribution is 5.00. The fourth-order valence-corrected chi connectivity index (χ4v) is 2.83. The molecule has 18 heavy (non-hydrogen) atoms. The van der Waals surface area contributed by atoms with E-state index in [-0.39, 0.29) is 5.60 Å². The zero-order valence-electron chi connectivity index (χ0n) is 11.2. The van der Waals surface area contributed by atoms with Crippen LogP contribution in [0.25, 0.3) is 0 Å². The Kier molecular flexibility index (Phi) is 3.39. The summed E-state index contributed by atoms with van der Waals surface area (Å²) in [7, 11) is 0. The van der Waals surface area contributed by atoms with Gasteiger partial charge in [-0.15, -0.1) is 0 Å². The Balaban J connectivity index is 1.55. The highest BCUT2D eigenvalue weighted by Crippen LogP contribution is 2.27. The Morgan fingerprint density at radius 2 is 2.17 bits per heavy atom. The van der Waals surface area contributed by atoms with Crippen molar-refractivity contribution in [3.63, 3.8) is 0 Å². The van der Waals surface area contributed by atoms with Gasteiger partial charge in [0.05, 0.1) is 23.9 Å². The predicted molar refractivity (Wildman–Crippen MR) is 70.4 cm³/mol. The summed E-state index contributed by atoms with van der Waals surface area (Å²) in [4.78, 5) is 0. The summed E-state index contributed by atoms with van der Waals surface area (Å²) in [5, 5.41) is 7.91. The van der Waals surface area contributed by atoms with Crippen LogP contribution in [0.15, 0.2) is 12.3 Å². The van der Waals surface area contributed by atoms with Crippen molar-refractivity contribution in [2.75, 3.05) is 13.1 Å². The van der Waals surface area contributed by atoms with Gasteiger partial charge in [-0.3, -0.25) is 4.68 Å². The highest BCUT2D eigenvalue weighted by Gasteiger charge is 2.32. The van der Waals surface area contributed by atoms with Crippen molar-refractivity contribution in [2.45, 2.75) is 57.3 Å². The molecule has 0 aromatic carbocycles. The van der Waals surface area contributed by atoms with Crippen LogP contribution in [0, 0.1) is 0 Å². The van der Waals surface area contributed by atoms with Crippen molar-refractivity contribution < 1.29 is 4.74 Å². The Morgan fingerprint density at radius 1 is 1.39 bits per heavy atom. The molecule has 4 heteroatoms. The third-order valence-electron chi connectivity index (χ3n) is 4.18. The molecule has 2 fully saturated rings. The lowest BCUT2D eigenvalue weighted by Crippen LogP contribution is -2.58. The summed E-state index contributed by atoms with van der Waals surface area (Å²) < 4.78 is 8.07. The van der Waals surface area contributed by atoms with Crippen LogP contribution in [0.5, 0.6) is 0 Å². The quantitative estimate of drug-likeness (QED) is 0.889. The second-order valence-electron chi connectivity index (χ2n) is 5.92. The predicted octanol–water partition coefficient (Wildman–Crippen LogP) is 2.27. The molecule has 1 N–H and O–H groups in total. The van der Waals surface area contributed by atoms with Crippen molar-refractivity contribution in [1.29, 1.82) is 0 Å². The van der Waals surface area contributed by atoms with Crippen LogP contribution in [0.4, 0.5) is 0 Å². The van der Waals surface area contributed by atoms with Gasteiger partial charge in [-0.25, -0.2) is 0 Å². The maximum Gasteiger partial charge on any atom is 0.0915 e. The monoisotopic (exact) mass is 249 g/mol. The fourth-order valence-electron chi connectivity index (χ4n) is 2.83. The summed E-state index contributed by atoms with van der Waals surface area (Å²) in [6.07, 6.45) is 8.77. The minimum Gasteiger partial charge on any atom is -0.366 e. The average Bonchev–Trinajstić information content (AvgIpc) is 2.84. The fraction of sp³-hybridized carbons (Fsp3) is 0.786. The summed E-state index contributed by atoms with van der Waals surface area (Å²) in [5.74, 6) is 0. The Morgan fingerprint density at radius 3 is 2.83 bits per heavy atom. The summed E-state index contributed by atoms with van der Waals surface area (Å²) in [5.41, 5.74) is 1.09. The lowest BCUT2D eigenvalue weighted by atomic mass is 9.96. The number of hydrogen-bond donors (Lipinski definition) is 1. The molecule has 1 saturated carbocycles. The lowest BCUT2D eigenvalue weighted by Gasteiger charge is -2.38. The van der Waals surface area contributed by atoms with E-state index in [2.05, 4.69) is 34.3 Å². The molecule has 1 aliphatic carbocycles. The SMILES string of the molecule is CC1(OCc2ccn(C3CCCCC3)n2)CNC1. The molecular formula is C14H23N3O. The van der Waals surface area contributed by atoms with Crippen molar-refractivity contribution in [3.8, 4) is 0 Å². The topological polar surface area (TPSA) is 39.1 Å². The van der Waals surface area contributed by atoms with Crippen LogP contribution in [-0.4, -0.2) is 28.5 Å². The van der Waals surface area contributed by atoms with E-state index in [1.54, 1.807) is 0 Å². The average molecular weight is 249 g/mol. The molecular weight excluding hydrogens is 226 g/mol. The minimum atomic E-state index is 0.0224. The third kappa shape index (κ3) is 2.59. The van der Waals surface area contributed by atoms with Crippen molar-refractivity contribution >= 4 is 0 Å². The zero-order valence-corrected chi connectivity index (χ0v) is 11.2. The van der Waals surface area contributed by atoms with Gasteiger partial charge in [-0.1, -0.05) is 19.3 Å². The molecule has 2 heterocycles. The lowest BCUT2D eigenvalue weighted by molar-refractivity contribution is -0.0779. The van der Waals surface area contributed by atoms with E-state index in [0.717, 1.165) is 18.8 Å². The second-order valence-corrected chi connectivity index (χ2v) is 5.92. The first-order valence-electron chi connectivity index (χ1n) is 7.14. The van der Waals surface area contributed by atoms with E-state index < -0.39 is 0 Å². The smallest absolute Gasteiger partial charge is 0.0915 e. The van der Waals surface area contributed by atoms with Crippen molar-refractivity contribution in [1.82, 2.24) is 15.1 Å². The molecule has 2 aliphatic rings. The Hall–Kier alpha value is -0.870. The van der Waals surface area contributed by atoms with Crippen LogP contribution >= 0.6 is 0 Å².